The van der Waals surface area contributed by atoms with E-state index < -0.39 is 0 Å². The Balaban J connectivity index is 1.43. The molecular weight excluding hydrogens is 399 g/mol. The third kappa shape index (κ3) is 4.56. The molecule has 0 unspecified atom stereocenters. The molecule has 1 N–H and O–H groups in total. The van der Waals surface area contributed by atoms with Crippen molar-refractivity contribution in [2.24, 2.45) is 0 Å². The van der Waals surface area contributed by atoms with E-state index in [2.05, 4.69) is 41.5 Å². The average molecular weight is 425 g/mol. The number of hydrogen-bond donors (Lipinski definition) is 1. The van der Waals surface area contributed by atoms with Gasteiger partial charge in [0.05, 0.1) is 11.3 Å². The Morgan fingerprint density at radius 1 is 1.20 bits per heavy atom. The van der Waals surface area contributed by atoms with Crippen molar-refractivity contribution < 1.29 is 9.18 Å². The number of nitrogens with zero attached hydrogens (tertiary/aromatic N) is 3. The van der Waals surface area contributed by atoms with Crippen molar-refractivity contribution in [1.82, 2.24) is 14.8 Å². The predicted molar refractivity (Wildman–Crippen MR) is 118 cm³/mol. The summed E-state index contributed by atoms with van der Waals surface area (Å²) >= 11 is 1.33. The average Bonchev–Trinajstić information content (AvgIpc) is 3.52. The number of thioether (sulfide) groups is 1. The van der Waals surface area contributed by atoms with E-state index in [1.54, 1.807) is 18.2 Å². The molecule has 0 aliphatic heterocycles. The lowest BCUT2D eigenvalue weighted by Crippen LogP contribution is -2.14. The number of anilines is 1. The molecule has 1 heterocycles. The van der Waals surface area contributed by atoms with E-state index in [1.165, 1.54) is 23.4 Å². The molecule has 1 saturated carbocycles. The number of carbonyl (C=O) groups excluding carboxylic acids is 1. The van der Waals surface area contributed by atoms with Gasteiger partial charge < -0.3 is 5.32 Å². The van der Waals surface area contributed by atoms with E-state index >= 15 is 0 Å². The molecular formula is C23H25FN4OS. The van der Waals surface area contributed by atoms with E-state index in [4.69, 9.17) is 0 Å². The second-order valence-electron chi connectivity index (χ2n) is 7.66. The topological polar surface area (TPSA) is 59.8 Å². The Labute approximate surface area is 180 Å². The van der Waals surface area contributed by atoms with Crippen LogP contribution in [0.3, 0.4) is 0 Å². The van der Waals surface area contributed by atoms with E-state index in [1.807, 2.05) is 16.7 Å². The number of nitrogens with one attached hydrogen (secondary N) is 1. The fraction of sp³-hybridized carbons (Fsp3) is 0.348. The van der Waals surface area contributed by atoms with E-state index in [0.717, 1.165) is 24.9 Å². The molecule has 1 aliphatic carbocycles. The Morgan fingerprint density at radius 2 is 1.93 bits per heavy atom. The summed E-state index contributed by atoms with van der Waals surface area (Å²) in [5, 5.41) is 12.1. The lowest BCUT2D eigenvalue weighted by molar-refractivity contribution is -0.113. The second-order valence-corrected chi connectivity index (χ2v) is 8.60. The van der Waals surface area contributed by atoms with Gasteiger partial charge in [0.15, 0.2) is 11.0 Å². The normalized spacial score (nSPS) is 14.5. The Kier molecular flexibility index (Phi) is 6.18. The summed E-state index contributed by atoms with van der Waals surface area (Å²) in [6, 6.07) is 14.8. The molecule has 1 aliphatic rings. The third-order valence-corrected chi connectivity index (χ3v) is 6.34. The number of benzene rings is 2. The summed E-state index contributed by atoms with van der Waals surface area (Å²) in [5.74, 6) is 0.827. The molecule has 1 amide bonds. The van der Waals surface area contributed by atoms with Crippen LogP contribution < -0.4 is 5.32 Å². The van der Waals surface area contributed by atoms with Gasteiger partial charge in [-0.25, -0.2) is 4.39 Å². The van der Waals surface area contributed by atoms with Crippen molar-refractivity contribution in [2.75, 3.05) is 11.1 Å². The Hall–Kier alpha value is -2.67. The Bertz CT molecular complexity index is 1030. The van der Waals surface area contributed by atoms with Gasteiger partial charge in [-0.05, 0) is 55.0 Å². The van der Waals surface area contributed by atoms with Gasteiger partial charge >= 0.3 is 0 Å². The van der Waals surface area contributed by atoms with Gasteiger partial charge in [-0.1, -0.05) is 49.9 Å². The lowest BCUT2D eigenvalue weighted by Gasteiger charge is -2.11. The van der Waals surface area contributed by atoms with Gasteiger partial charge in [0.2, 0.25) is 5.91 Å². The first kappa shape index (κ1) is 20.6. The summed E-state index contributed by atoms with van der Waals surface area (Å²) in [6.45, 7) is 4.35. The van der Waals surface area contributed by atoms with Crippen molar-refractivity contribution in [2.45, 2.75) is 50.2 Å². The molecule has 5 nitrogen and oxygen atoms in total. The van der Waals surface area contributed by atoms with Gasteiger partial charge in [0.25, 0.3) is 0 Å². The lowest BCUT2D eigenvalue weighted by atomic mass is 9.99. The van der Waals surface area contributed by atoms with Gasteiger partial charge in [0, 0.05) is 11.7 Å². The molecule has 0 spiro atoms. The fourth-order valence-electron chi connectivity index (χ4n) is 3.32. The standard InChI is InChI=1S/C23H25FN4OS/c1-3-15(2)16-8-10-17(11-9-16)25-21(29)14-30-23-27-26-22(28(23)18-12-13-18)19-6-4-5-7-20(19)24/h4-11,15,18H,3,12-14H2,1-2H3,(H,25,29)/t15-/m0/s1. The van der Waals surface area contributed by atoms with E-state index in [9.17, 15) is 9.18 Å². The predicted octanol–water partition coefficient (Wildman–Crippen LogP) is 5.66. The number of aromatic nitrogens is 3. The van der Waals surface area contributed by atoms with Crippen LogP contribution in [-0.2, 0) is 4.79 Å². The SMILES string of the molecule is CC[C@H](C)c1ccc(NC(=O)CSc2nnc(-c3ccccc3F)n2C2CC2)cc1. The van der Waals surface area contributed by atoms with E-state index in [0.29, 0.717) is 22.5 Å². The van der Waals surface area contributed by atoms with Crippen LogP contribution in [0, 0.1) is 5.82 Å². The molecule has 3 aromatic rings. The largest absolute Gasteiger partial charge is 0.325 e. The van der Waals surface area contributed by atoms with Crippen LogP contribution in [-0.4, -0.2) is 26.4 Å². The van der Waals surface area contributed by atoms with Crippen molar-refractivity contribution in [1.29, 1.82) is 0 Å². The Morgan fingerprint density at radius 3 is 2.60 bits per heavy atom. The summed E-state index contributed by atoms with van der Waals surface area (Å²) < 4.78 is 16.2. The van der Waals surface area contributed by atoms with Crippen molar-refractivity contribution in [3.8, 4) is 11.4 Å². The number of rotatable bonds is 8. The molecule has 0 bridgehead atoms. The molecule has 30 heavy (non-hydrogen) atoms. The zero-order valence-corrected chi connectivity index (χ0v) is 18.0. The second kappa shape index (κ2) is 9.00. The van der Waals surface area contributed by atoms with Crippen LogP contribution in [0.1, 0.15) is 50.6 Å². The minimum atomic E-state index is -0.318. The first-order chi connectivity index (χ1) is 14.6. The van der Waals surface area contributed by atoms with Crippen LogP contribution in [0.5, 0.6) is 0 Å². The highest BCUT2D eigenvalue weighted by molar-refractivity contribution is 7.99. The van der Waals surface area contributed by atoms with Crippen LogP contribution in [0.25, 0.3) is 11.4 Å². The van der Waals surface area contributed by atoms with E-state index in [-0.39, 0.29) is 23.5 Å². The molecule has 1 aromatic heterocycles. The molecule has 7 heteroatoms. The van der Waals surface area contributed by atoms with Gasteiger partial charge in [-0.15, -0.1) is 10.2 Å². The number of halogens is 1. The monoisotopic (exact) mass is 424 g/mol. The van der Waals surface area contributed by atoms with Crippen molar-refractivity contribution in [3.63, 3.8) is 0 Å². The first-order valence-electron chi connectivity index (χ1n) is 10.3. The smallest absolute Gasteiger partial charge is 0.234 e. The molecule has 0 saturated heterocycles. The van der Waals surface area contributed by atoms with Crippen molar-refractivity contribution >= 4 is 23.4 Å². The molecule has 1 fully saturated rings. The molecule has 156 valence electrons. The summed E-state index contributed by atoms with van der Waals surface area (Å²) in [6.07, 6.45) is 3.11. The first-order valence-corrected chi connectivity index (χ1v) is 11.3. The fourth-order valence-corrected chi connectivity index (χ4v) is 4.13. The van der Waals surface area contributed by atoms with Crippen LogP contribution in [0.4, 0.5) is 10.1 Å². The highest BCUT2D eigenvalue weighted by atomic mass is 32.2. The highest BCUT2D eigenvalue weighted by Crippen LogP contribution is 2.41. The number of hydrogen-bond acceptors (Lipinski definition) is 4. The van der Waals surface area contributed by atoms with Gasteiger partial charge in [0.1, 0.15) is 5.82 Å². The van der Waals surface area contributed by atoms with Crippen molar-refractivity contribution in [3.05, 3.63) is 59.9 Å². The maximum absolute atomic E-state index is 14.3. The number of carbonyl (C=O) groups is 1. The van der Waals surface area contributed by atoms with Gasteiger partial charge in [-0.3, -0.25) is 9.36 Å². The summed E-state index contributed by atoms with van der Waals surface area (Å²) in [4.78, 5) is 12.4. The zero-order chi connectivity index (χ0) is 21.1. The summed E-state index contributed by atoms with van der Waals surface area (Å²) in [7, 11) is 0. The number of amides is 1. The maximum Gasteiger partial charge on any atom is 0.234 e. The zero-order valence-electron chi connectivity index (χ0n) is 17.1. The highest BCUT2D eigenvalue weighted by Gasteiger charge is 2.31. The quantitative estimate of drug-likeness (QED) is 0.474. The molecule has 0 radical (unpaired) electrons. The minimum absolute atomic E-state index is 0.103. The molecule has 1 atom stereocenters. The van der Waals surface area contributed by atoms with Crippen LogP contribution in [0.2, 0.25) is 0 Å². The molecule has 2 aromatic carbocycles. The maximum atomic E-state index is 14.3. The minimum Gasteiger partial charge on any atom is -0.325 e. The van der Waals surface area contributed by atoms with Gasteiger partial charge in [-0.2, -0.15) is 0 Å². The third-order valence-electron chi connectivity index (χ3n) is 5.40. The molecule has 4 rings (SSSR count). The summed E-state index contributed by atoms with van der Waals surface area (Å²) in [5.41, 5.74) is 2.49. The van der Waals surface area contributed by atoms with Crippen LogP contribution >= 0.6 is 11.8 Å². The van der Waals surface area contributed by atoms with Crippen LogP contribution in [0.15, 0.2) is 53.7 Å².